The summed E-state index contributed by atoms with van der Waals surface area (Å²) in [5.74, 6) is 1.83. The standard InChI is InChI=1S/C18H30N4O3.HI/c1-7-20-17(21-12-18(2,3)16(19)23)22(4)11-13-8-9-14(24-5)10-15(13)25-6;/h8-10H,7,11-12H2,1-6H3,(H2,19,23)(H,20,21);1H. The third-order valence-electron chi connectivity index (χ3n) is 3.89. The van der Waals surface area contributed by atoms with Gasteiger partial charge < -0.3 is 25.4 Å². The molecule has 0 saturated heterocycles. The summed E-state index contributed by atoms with van der Waals surface area (Å²) in [7, 11) is 5.19. The van der Waals surface area contributed by atoms with Gasteiger partial charge in [-0.25, -0.2) is 0 Å². The van der Waals surface area contributed by atoms with Crippen molar-refractivity contribution < 1.29 is 14.3 Å². The first kappa shape index (κ1) is 24.3. The Morgan fingerprint density at radius 3 is 2.46 bits per heavy atom. The predicted octanol–water partition coefficient (Wildman–Crippen LogP) is 2.23. The van der Waals surface area contributed by atoms with Crippen LogP contribution in [0.25, 0.3) is 0 Å². The number of carbonyl (C=O) groups is 1. The quantitative estimate of drug-likeness (QED) is 0.340. The molecular formula is C18H31IN4O3. The third kappa shape index (κ3) is 6.89. The normalized spacial score (nSPS) is 11.4. The lowest BCUT2D eigenvalue weighted by molar-refractivity contribution is -0.125. The molecule has 8 heteroatoms. The molecule has 0 radical (unpaired) electrons. The first-order valence-electron chi connectivity index (χ1n) is 8.25. The van der Waals surface area contributed by atoms with E-state index in [-0.39, 0.29) is 29.9 Å². The van der Waals surface area contributed by atoms with E-state index >= 15 is 0 Å². The minimum atomic E-state index is -0.695. The van der Waals surface area contributed by atoms with Gasteiger partial charge in [-0.3, -0.25) is 9.79 Å². The van der Waals surface area contributed by atoms with Gasteiger partial charge in [-0.05, 0) is 32.9 Å². The Bertz CT molecular complexity index is 620. The van der Waals surface area contributed by atoms with Gasteiger partial charge in [-0.2, -0.15) is 0 Å². The van der Waals surface area contributed by atoms with Crippen LogP contribution in [0.15, 0.2) is 23.2 Å². The van der Waals surface area contributed by atoms with Crippen LogP contribution in [0.4, 0.5) is 0 Å². The molecule has 0 aromatic heterocycles. The molecule has 1 amide bonds. The number of carbonyl (C=O) groups excluding carboxylic acids is 1. The molecule has 0 saturated carbocycles. The number of guanidine groups is 1. The fourth-order valence-electron chi connectivity index (χ4n) is 2.13. The van der Waals surface area contributed by atoms with Gasteiger partial charge >= 0.3 is 0 Å². The lowest BCUT2D eigenvalue weighted by atomic mass is 9.93. The zero-order valence-corrected chi connectivity index (χ0v) is 18.8. The van der Waals surface area contributed by atoms with Gasteiger partial charge in [0.2, 0.25) is 5.91 Å². The van der Waals surface area contributed by atoms with E-state index < -0.39 is 5.41 Å². The number of nitrogens with one attached hydrogen (secondary N) is 1. The second-order valence-electron chi connectivity index (χ2n) is 6.45. The Hall–Kier alpha value is -1.71. The summed E-state index contributed by atoms with van der Waals surface area (Å²) in [6.07, 6.45) is 0. The number of halogens is 1. The van der Waals surface area contributed by atoms with E-state index in [9.17, 15) is 4.79 Å². The SMILES string of the molecule is CCNC(=NCC(C)(C)C(N)=O)N(C)Cc1ccc(OC)cc1OC.I. The summed E-state index contributed by atoms with van der Waals surface area (Å²) >= 11 is 0. The maximum Gasteiger partial charge on any atom is 0.224 e. The van der Waals surface area contributed by atoms with Crippen LogP contribution in [0.1, 0.15) is 26.3 Å². The number of primary amides is 1. The van der Waals surface area contributed by atoms with Crippen LogP contribution < -0.4 is 20.5 Å². The monoisotopic (exact) mass is 478 g/mol. The minimum absolute atomic E-state index is 0. The maximum atomic E-state index is 11.5. The molecule has 1 aromatic rings. The smallest absolute Gasteiger partial charge is 0.224 e. The fourth-order valence-corrected chi connectivity index (χ4v) is 2.13. The predicted molar refractivity (Wildman–Crippen MR) is 115 cm³/mol. The van der Waals surface area contributed by atoms with Crippen molar-refractivity contribution in [2.24, 2.45) is 16.1 Å². The second-order valence-corrected chi connectivity index (χ2v) is 6.45. The first-order chi connectivity index (χ1) is 11.7. The van der Waals surface area contributed by atoms with E-state index in [1.165, 1.54) is 0 Å². The zero-order valence-electron chi connectivity index (χ0n) is 16.5. The van der Waals surface area contributed by atoms with E-state index in [2.05, 4.69) is 10.3 Å². The Labute approximate surface area is 173 Å². The van der Waals surface area contributed by atoms with E-state index in [1.807, 2.05) is 37.1 Å². The molecule has 1 rings (SSSR count). The van der Waals surface area contributed by atoms with Crippen LogP contribution in [0.2, 0.25) is 0 Å². The number of hydrogen-bond donors (Lipinski definition) is 2. The van der Waals surface area contributed by atoms with E-state index in [0.717, 1.165) is 23.6 Å². The lowest BCUT2D eigenvalue weighted by Gasteiger charge is -2.25. The molecule has 0 spiro atoms. The Kier molecular flexibility index (Phi) is 10.4. The number of benzene rings is 1. The lowest BCUT2D eigenvalue weighted by Crippen LogP contribution is -2.40. The van der Waals surface area contributed by atoms with Crippen molar-refractivity contribution in [1.29, 1.82) is 0 Å². The van der Waals surface area contributed by atoms with Gasteiger partial charge in [-0.15, -0.1) is 24.0 Å². The molecule has 0 aliphatic heterocycles. The molecule has 0 aliphatic rings. The molecule has 7 nitrogen and oxygen atoms in total. The highest BCUT2D eigenvalue weighted by Gasteiger charge is 2.25. The zero-order chi connectivity index (χ0) is 19.0. The van der Waals surface area contributed by atoms with Crippen molar-refractivity contribution in [1.82, 2.24) is 10.2 Å². The molecule has 0 atom stereocenters. The highest BCUT2D eigenvalue weighted by atomic mass is 127. The van der Waals surface area contributed by atoms with Crippen molar-refractivity contribution in [2.75, 3.05) is 34.4 Å². The average Bonchev–Trinajstić information content (AvgIpc) is 2.58. The molecule has 3 N–H and O–H groups in total. The number of nitrogens with two attached hydrogens (primary N) is 1. The van der Waals surface area contributed by atoms with Gasteiger partial charge in [0.05, 0.1) is 26.2 Å². The summed E-state index contributed by atoms with van der Waals surface area (Å²) in [4.78, 5) is 18.0. The summed E-state index contributed by atoms with van der Waals surface area (Å²) in [6, 6.07) is 5.71. The van der Waals surface area contributed by atoms with E-state index in [0.29, 0.717) is 19.0 Å². The molecule has 0 aliphatic carbocycles. The van der Waals surface area contributed by atoms with Gasteiger partial charge in [0.1, 0.15) is 11.5 Å². The third-order valence-corrected chi connectivity index (χ3v) is 3.89. The Morgan fingerprint density at radius 2 is 1.96 bits per heavy atom. The van der Waals surface area contributed by atoms with Crippen LogP contribution in [0, 0.1) is 5.41 Å². The molecule has 1 aromatic carbocycles. The van der Waals surface area contributed by atoms with Gasteiger partial charge in [0.15, 0.2) is 5.96 Å². The molecule has 148 valence electrons. The molecule has 0 fully saturated rings. The van der Waals surface area contributed by atoms with Crippen LogP contribution >= 0.6 is 24.0 Å². The van der Waals surface area contributed by atoms with Crippen molar-refractivity contribution in [2.45, 2.75) is 27.3 Å². The first-order valence-corrected chi connectivity index (χ1v) is 8.25. The van der Waals surface area contributed by atoms with Crippen molar-refractivity contribution in [3.8, 4) is 11.5 Å². The van der Waals surface area contributed by atoms with Crippen molar-refractivity contribution in [3.63, 3.8) is 0 Å². The molecule has 26 heavy (non-hydrogen) atoms. The molecule has 0 unspecified atom stereocenters. The average molecular weight is 478 g/mol. The molecular weight excluding hydrogens is 447 g/mol. The number of hydrogen-bond acceptors (Lipinski definition) is 4. The topological polar surface area (TPSA) is 89.2 Å². The number of ether oxygens (including phenoxy) is 2. The Morgan fingerprint density at radius 1 is 1.31 bits per heavy atom. The fraction of sp³-hybridized carbons (Fsp3) is 0.556. The van der Waals surface area contributed by atoms with Crippen LogP contribution in [-0.2, 0) is 11.3 Å². The van der Waals surface area contributed by atoms with Crippen LogP contribution in [-0.4, -0.2) is 51.1 Å². The van der Waals surface area contributed by atoms with Gasteiger partial charge in [0.25, 0.3) is 0 Å². The highest BCUT2D eigenvalue weighted by Crippen LogP contribution is 2.25. The molecule has 0 heterocycles. The summed E-state index contributed by atoms with van der Waals surface area (Å²) in [5, 5.41) is 3.23. The summed E-state index contributed by atoms with van der Waals surface area (Å²) in [5.41, 5.74) is 5.73. The number of aliphatic imine (C=N–C) groups is 1. The van der Waals surface area contributed by atoms with Crippen molar-refractivity contribution in [3.05, 3.63) is 23.8 Å². The second kappa shape index (κ2) is 11.1. The van der Waals surface area contributed by atoms with Crippen LogP contribution in [0.5, 0.6) is 11.5 Å². The number of methoxy groups -OCH3 is 2. The minimum Gasteiger partial charge on any atom is -0.497 e. The molecule has 0 bridgehead atoms. The summed E-state index contributed by atoms with van der Waals surface area (Å²) in [6.45, 7) is 7.20. The highest BCUT2D eigenvalue weighted by molar-refractivity contribution is 14.0. The number of nitrogens with zero attached hydrogens (tertiary/aromatic N) is 2. The maximum absolute atomic E-state index is 11.5. The van der Waals surface area contributed by atoms with Crippen molar-refractivity contribution >= 4 is 35.8 Å². The van der Waals surface area contributed by atoms with Crippen LogP contribution in [0.3, 0.4) is 0 Å². The van der Waals surface area contributed by atoms with E-state index in [1.54, 1.807) is 28.1 Å². The van der Waals surface area contributed by atoms with Gasteiger partial charge in [0, 0.05) is 31.8 Å². The van der Waals surface area contributed by atoms with Gasteiger partial charge in [-0.1, -0.05) is 0 Å². The largest absolute Gasteiger partial charge is 0.497 e. The number of amides is 1. The Balaban J connectivity index is 0.00000625. The number of rotatable bonds is 8. The summed E-state index contributed by atoms with van der Waals surface area (Å²) < 4.78 is 10.7. The van der Waals surface area contributed by atoms with E-state index in [4.69, 9.17) is 15.2 Å².